The van der Waals surface area contributed by atoms with Crippen molar-refractivity contribution in [2.75, 3.05) is 0 Å². The van der Waals surface area contributed by atoms with Gasteiger partial charge in [-0.15, -0.1) is 0 Å². The summed E-state index contributed by atoms with van der Waals surface area (Å²) in [6, 6.07) is 9.07. The molecule has 2 aromatic rings. The van der Waals surface area contributed by atoms with Gasteiger partial charge in [-0.3, -0.25) is 0 Å². The molecule has 0 aliphatic rings. The molecule has 0 unspecified atom stereocenters. The largest absolute Gasteiger partial charge is 1.00 e. The number of halogens is 3. The van der Waals surface area contributed by atoms with Crippen molar-refractivity contribution in [3.8, 4) is 0 Å². The second-order valence-corrected chi connectivity index (χ2v) is 7.55. The summed E-state index contributed by atoms with van der Waals surface area (Å²) >= 11 is 1.69. The third-order valence-corrected chi connectivity index (χ3v) is 6.00. The first-order chi connectivity index (χ1) is 6.74. The van der Waals surface area contributed by atoms with Crippen molar-refractivity contribution >= 4 is 11.3 Å². The SMILES string of the molecule is Cc1csc([I+]c2ccc(F)cc2)c1.[Cl-]. The maximum absolute atomic E-state index is 12.6. The summed E-state index contributed by atoms with van der Waals surface area (Å²) in [4.78, 5) is 0. The Labute approximate surface area is 109 Å². The maximum Gasteiger partial charge on any atom is 0.369 e. The molecule has 0 atom stereocenters. The van der Waals surface area contributed by atoms with E-state index in [-0.39, 0.29) is 39.4 Å². The second kappa shape index (κ2) is 5.82. The molecule has 15 heavy (non-hydrogen) atoms. The predicted molar refractivity (Wildman–Crippen MR) is 52.9 cm³/mol. The van der Waals surface area contributed by atoms with Crippen LogP contribution in [0.15, 0.2) is 35.7 Å². The Kier molecular flexibility index (Phi) is 5.02. The van der Waals surface area contributed by atoms with Crippen LogP contribution in [0.1, 0.15) is 5.56 Å². The van der Waals surface area contributed by atoms with Crippen molar-refractivity contribution in [3.63, 3.8) is 0 Å². The molecule has 2 rings (SSSR count). The molecule has 0 radical (unpaired) electrons. The number of aryl methyl sites for hydroxylation is 1. The Balaban J connectivity index is 0.00000112. The van der Waals surface area contributed by atoms with E-state index in [0.29, 0.717) is 0 Å². The molecule has 80 valence electrons. The summed E-state index contributed by atoms with van der Waals surface area (Å²) < 4.78 is 15.4. The molecule has 0 fully saturated rings. The van der Waals surface area contributed by atoms with E-state index in [9.17, 15) is 4.39 Å². The monoisotopic (exact) mass is 354 g/mol. The first-order valence-corrected chi connectivity index (χ1v) is 7.23. The molecule has 0 amide bonds. The minimum atomic E-state index is -0.153. The number of benzene rings is 1. The first kappa shape index (κ1) is 12.9. The molecule has 0 spiro atoms. The Morgan fingerprint density at radius 2 is 1.87 bits per heavy atom. The lowest BCUT2D eigenvalue weighted by Crippen LogP contribution is -3.61. The number of rotatable bonds is 2. The molecule has 1 aromatic carbocycles. The van der Waals surface area contributed by atoms with Gasteiger partial charge >= 0.3 is 21.2 Å². The average molecular weight is 355 g/mol. The standard InChI is InChI=1S/C11H9FIS.ClH/c1-8-6-11(14-7-8)13-10-4-2-9(12)3-5-10;/h2-7H,1H3;1H/q+1;/p-1. The van der Waals surface area contributed by atoms with E-state index < -0.39 is 0 Å². The van der Waals surface area contributed by atoms with E-state index in [2.05, 4.69) is 18.4 Å². The molecule has 0 bridgehead atoms. The topological polar surface area (TPSA) is 0 Å². The lowest BCUT2D eigenvalue weighted by Gasteiger charge is -1.84. The zero-order valence-corrected chi connectivity index (χ0v) is 11.7. The molecule has 4 heteroatoms. The molecular weight excluding hydrogens is 346 g/mol. The quantitative estimate of drug-likeness (QED) is 0.516. The fourth-order valence-corrected chi connectivity index (χ4v) is 5.05. The van der Waals surface area contributed by atoms with Crippen LogP contribution < -0.4 is 33.6 Å². The number of hydrogen-bond donors (Lipinski definition) is 0. The molecule has 0 saturated heterocycles. The average Bonchev–Trinajstić information content (AvgIpc) is 2.56. The van der Waals surface area contributed by atoms with Gasteiger partial charge in [-0.1, -0.05) is 11.3 Å². The van der Waals surface area contributed by atoms with Gasteiger partial charge < -0.3 is 12.4 Å². The number of thiophene rings is 1. The van der Waals surface area contributed by atoms with Gasteiger partial charge in [0, 0.05) is 6.07 Å². The van der Waals surface area contributed by atoms with Crippen LogP contribution in [0.25, 0.3) is 0 Å². The van der Waals surface area contributed by atoms with Crippen LogP contribution >= 0.6 is 11.3 Å². The Hall–Kier alpha value is -0.130. The van der Waals surface area contributed by atoms with Crippen molar-refractivity contribution in [1.82, 2.24) is 0 Å². The summed E-state index contributed by atoms with van der Waals surface area (Å²) in [6.07, 6.45) is 0. The van der Waals surface area contributed by atoms with Gasteiger partial charge in [0.05, 0.1) is 0 Å². The van der Waals surface area contributed by atoms with Crippen molar-refractivity contribution in [2.45, 2.75) is 6.92 Å². The van der Waals surface area contributed by atoms with E-state index in [1.807, 2.05) is 12.1 Å². The van der Waals surface area contributed by atoms with Crippen molar-refractivity contribution in [3.05, 3.63) is 53.5 Å². The minimum absolute atomic E-state index is 0. The fraction of sp³-hybridized carbons (Fsp3) is 0.0909. The van der Waals surface area contributed by atoms with Crippen LogP contribution in [0.2, 0.25) is 0 Å². The van der Waals surface area contributed by atoms with Crippen molar-refractivity contribution in [1.29, 1.82) is 0 Å². The van der Waals surface area contributed by atoms with Gasteiger partial charge in [0.1, 0.15) is 5.82 Å². The van der Waals surface area contributed by atoms with E-state index in [0.717, 1.165) is 0 Å². The lowest BCUT2D eigenvalue weighted by atomic mass is 10.4. The van der Waals surface area contributed by atoms with E-state index in [4.69, 9.17) is 0 Å². The van der Waals surface area contributed by atoms with Crippen LogP contribution in [0.4, 0.5) is 4.39 Å². The van der Waals surface area contributed by atoms with E-state index >= 15 is 0 Å². The molecule has 0 aliphatic heterocycles. The van der Waals surface area contributed by atoms with Gasteiger partial charge in [-0.05, 0) is 42.1 Å². The maximum atomic E-state index is 12.6. The Bertz CT molecular complexity index is 424. The highest BCUT2D eigenvalue weighted by Crippen LogP contribution is 2.03. The normalized spacial score (nSPS) is 9.73. The predicted octanol–water partition coefficient (Wildman–Crippen LogP) is -2.67. The lowest BCUT2D eigenvalue weighted by molar-refractivity contribution is -0.591. The Morgan fingerprint density at radius 3 is 2.40 bits per heavy atom. The van der Waals surface area contributed by atoms with Crippen LogP contribution in [-0.4, -0.2) is 0 Å². The summed E-state index contributed by atoms with van der Waals surface area (Å²) in [6.45, 7) is 2.11. The van der Waals surface area contributed by atoms with E-state index in [1.54, 1.807) is 11.3 Å². The molecular formula is C11H9ClFIS. The van der Waals surface area contributed by atoms with E-state index in [1.165, 1.54) is 24.2 Å². The van der Waals surface area contributed by atoms with Crippen LogP contribution in [0.5, 0.6) is 0 Å². The minimum Gasteiger partial charge on any atom is -1.00 e. The highest BCUT2D eigenvalue weighted by Gasteiger charge is 2.16. The fourth-order valence-electron chi connectivity index (χ4n) is 1.05. The molecule has 0 N–H and O–H groups in total. The van der Waals surface area contributed by atoms with Crippen LogP contribution in [-0.2, 0) is 0 Å². The third-order valence-electron chi connectivity index (χ3n) is 1.70. The van der Waals surface area contributed by atoms with Crippen LogP contribution in [0, 0.1) is 19.2 Å². The molecule has 0 aliphatic carbocycles. The van der Waals surface area contributed by atoms with Gasteiger partial charge in [0.25, 0.3) is 0 Å². The third kappa shape index (κ3) is 3.74. The highest BCUT2D eigenvalue weighted by atomic mass is 127. The summed E-state index contributed by atoms with van der Waals surface area (Å²) in [5.74, 6) is -0.153. The summed E-state index contributed by atoms with van der Waals surface area (Å²) in [5, 5.41) is 2.17. The smallest absolute Gasteiger partial charge is 0.369 e. The zero-order chi connectivity index (χ0) is 9.97. The first-order valence-electron chi connectivity index (χ1n) is 4.19. The number of hydrogen-bond acceptors (Lipinski definition) is 1. The van der Waals surface area contributed by atoms with Crippen molar-refractivity contribution in [2.24, 2.45) is 0 Å². The van der Waals surface area contributed by atoms with Gasteiger partial charge in [-0.2, -0.15) is 0 Å². The molecule has 0 saturated carbocycles. The molecule has 0 nitrogen and oxygen atoms in total. The molecule has 1 aromatic heterocycles. The van der Waals surface area contributed by atoms with Gasteiger partial charge in [-0.25, -0.2) is 4.39 Å². The molecule has 1 heterocycles. The summed E-state index contributed by atoms with van der Waals surface area (Å²) in [7, 11) is 0. The second-order valence-electron chi connectivity index (χ2n) is 2.96. The van der Waals surface area contributed by atoms with Crippen LogP contribution in [0.3, 0.4) is 0 Å². The Morgan fingerprint density at radius 1 is 1.20 bits per heavy atom. The highest BCUT2D eigenvalue weighted by molar-refractivity contribution is 7.07. The zero-order valence-electron chi connectivity index (χ0n) is 8.01. The van der Waals surface area contributed by atoms with Gasteiger partial charge in [0.2, 0.25) is 2.88 Å². The van der Waals surface area contributed by atoms with Crippen molar-refractivity contribution < 1.29 is 38.0 Å². The van der Waals surface area contributed by atoms with Gasteiger partial charge in [0.15, 0.2) is 3.57 Å². The summed E-state index contributed by atoms with van der Waals surface area (Å²) in [5.41, 5.74) is 1.33.